The second kappa shape index (κ2) is 9.02. The molecule has 0 aliphatic heterocycles. The predicted molar refractivity (Wildman–Crippen MR) is 130 cm³/mol. The van der Waals surface area contributed by atoms with Gasteiger partial charge in [-0.25, -0.2) is 4.98 Å². The zero-order chi connectivity index (χ0) is 22.9. The van der Waals surface area contributed by atoms with Crippen LogP contribution >= 0.6 is 23.2 Å². The summed E-state index contributed by atoms with van der Waals surface area (Å²) < 4.78 is 1.86. The number of halogens is 2. The van der Waals surface area contributed by atoms with Crippen LogP contribution in [0.25, 0.3) is 28.0 Å². The number of fused-ring (bicyclic) bond motifs is 1. The molecule has 0 saturated heterocycles. The number of anilines is 1. The van der Waals surface area contributed by atoms with Crippen LogP contribution in [0, 0.1) is 0 Å². The average molecular weight is 470 g/mol. The molecular weight excluding hydrogens is 445 g/mol. The molecule has 0 bridgehead atoms. The van der Waals surface area contributed by atoms with Gasteiger partial charge in [0.2, 0.25) is 5.95 Å². The van der Waals surface area contributed by atoms with Crippen LogP contribution in [0.1, 0.15) is 27.7 Å². The molecule has 32 heavy (non-hydrogen) atoms. The largest absolute Gasteiger partial charge is 0.349 e. The third-order valence-corrected chi connectivity index (χ3v) is 5.76. The highest BCUT2D eigenvalue weighted by atomic mass is 35.5. The quantitative estimate of drug-likeness (QED) is 0.379. The number of hydrogen-bond donors (Lipinski definition) is 2. The number of nitrogens with one attached hydrogen (secondary N) is 2. The summed E-state index contributed by atoms with van der Waals surface area (Å²) in [6.45, 7) is 9.26. The zero-order valence-electron chi connectivity index (χ0n) is 18.4. The molecule has 7 nitrogen and oxygen atoms in total. The van der Waals surface area contributed by atoms with Gasteiger partial charge in [-0.1, -0.05) is 43.1 Å². The molecule has 0 amide bonds. The molecule has 0 saturated carbocycles. The van der Waals surface area contributed by atoms with E-state index in [2.05, 4.69) is 53.5 Å². The molecule has 0 unspecified atom stereocenters. The Kier molecular flexibility index (Phi) is 6.33. The third-order valence-electron chi connectivity index (χ3n) is 5.02. The lowest BCUT2D eigenvalue weighted by Crippen LogP contribution is -2.44. The van der Waals surface area contributed by atoms with Crippen LogP contribution in [0.2, 0.25) is 10.0 Å². The molecular formula is C23H25Cl2N7. The number of benzene rings is 1. The normalized spacial score (nSPS) is 12.0. The van der Waals surface area contributed by atoms with Crippen LogP contribution in [0.5, 0.6) is 0 Å². The van der Waals surface area contributed by atoms with Gasteiger partial charge in [0.1, 0.15) is 6.33 Å². The maximum absolute atomic E-state index is 6.34. The van der Waals surface area contributed by atoms with E-state index in [0.29, 0.717) is 27.7 Å². The fraction of sp³-hybridized carbons (Fsp3) is 0.304. The van der Waals surface area contributed by atoms with E-state index >= 15 is 0 Å². The smallest absolute Gasteiger partial charge is 0.211 e. The van der Waals surface area contributed by atoms with Crippen molar-refractivity contribution >= 4 is 34.8 Å². The molecule has 166 valence electrons. The minimum atomic E-state index is -0.269. The van der Waals surface area contributed by atoms with E-state index in [-0.39, 0.29) is 5.54 Å². The molecule has 1 aromatic carbocycles. The summed E-state index contributed by atoms with van der Waals surface area (Å²) in [4.78, 5) is 9.17. The fourth-order valence-corrected chi connectivity index (χ4v) is 3.71. The Labute approximate surface area is 197 Å². The SMILES string of the molecule is CC(C)NCC(C)(C)Nc1nc(-c2ccncc2)c(-c2ccc(Cl)c(Cl)c2)c2nncn12. The van der Waals surface area contributed by atoms with Gasteiger partial charge in [-0.2, -0.15) is 0 Å². The Balaban J connectivity index is 1.91. The molecule has 3 aromatic heterocycles. The molecule has 0 aliphatic carbocycles. The van der Waals surface area contributed by atoms with Crippen LogP contribution in [-0.2, 0) is 0 Å². The van der Waals surface area contributed by atoms with Crippen molar-refractivity contribution < 1.29 is 0 Å². The van der Waals surface area contributed by atoms with E-state index in [9.17, 15) is 0 Å². The summed E-state index contributed by atoms with van der Waals surface area (Å²) in [5.41, 5.74) is 3.73. The number of rotatable bonds is 7. The van der Waals surface area contributed by atoms with Gasteiger partial charge >= 0.3 is 0 Å². The molecule has 0 atom stereocenters. The Morgan fingerprint density at radius 3 is 2.47 bits per heavy atom. The molecule has 2 N–H and O–H groups in total. The van der Waals surface area contributed by atoms with Crippen molar-refractivity contribution in [3.8, 4) is 22.4 Å². The monoisotopic (exact) mass is 469 g/mol. The van der Waals surface area contributed by atoms with Gasteiger partial charge in [0.05, 0.1) is 21.3 Å². The highest BCUT2D eigenvalue weighted by Gasteiger charge is 2.24. The Hall–Kier alpha value is -2.74. The highest BCUT2D eigenvalue weighted by Crippen LogP contribution is 2.37. The number of aromatic nitrogens is 5. The summed E-state index contributed by atoms with van der Waals surface area (Å²) in [5.74, 6) is 0.649. The number of nitrogens with zero attached hydrogens (tertiary/aromatic N) is 5. The van der Waals surface area contributed by atoms with Crippen LogP contribution in [-0.4, -0.2) is 42.7 Å². The van der Waals surface area contributed by atoms with Crippen molar-refractivity contribution in [3.05, 3.63) is 59.1 Å². The van der Waals surface area contributed by atoms with Gasteiger partial charge in [-0.05, 0) is 43.7 Å². The first-order chi connectivity index (χ1) is 15.2. The maximum atomic E-state index is 6.34. The minimum absolute atomic E-state index is 0.269. The summed E-state index contributed by atoms with van der Waals surface area (Å²) in [6, 6.07) is 9.73. The van der Waals surface area contributed by atoms with Gasteiger partial charge in [0.15, 0.2) is 5.65 Å². The summed E-state index contributed by atoms with van der Waals surface area (Å²) in [7, 11) is 0. The molecule has 0 radical (unpaired) electrons. The first kappa shape index (κ1) is 22.5. The molecule has 0 spiro atoms. The average Bonchev–Trinajstić information content (AvgIpc) is 3.25. The summed E-state index contributed by atoms with van der Waals surface area (Å²) in [6.07, 6.45) is 5.15. The second-order valence-electron chi connectivity index (χ2n) is 8.59. The lowest BCUT2D eigenvalue weighted by Gasteiger charge is -2.29. The van der Waals surface area contributed by atoms with Gasteiger partial charge in [-0.3, -0.25) is 9.38 Å². The Morgan fingerprint density at radius 2 is 1.78 bits per heavy atom. The van der Waals surface area contributed by atoms with Crippen molar-refractivity contribution in [2.75, 3.05) is 11.9 Å². The fourth-order valence-electron chi connectivity index (χ4n) is 3.41. The summed E-state index contributed by atoms with van der Waals surface area (Å²) >= 11 is 12.5. The zero-order valence-corrected chi connectivity index (χ0v) is 19.9. The van der Waals surface area contributed by atoms with E-state index in [1.165, 1.54) is 0 Å². The molecule has 3 heterocycles. The van der Waals surface area contributed by atoms with Crippen LogP contribution in [0.4, 0.5) is 5.95 Å². The Bertz CT molecular complexity index is 1240. The second-order valence-corrected chi connectivity index (χ2v) is 9.41. The molecule has 4 aromatic rings. The van der Waals surface area contributed by atoms with E-state index in [4.69, 9.17) is 28.2 Å². The van der Waals surface area contributed by atoms with Crippen LogP contribution < -0.4 is 10.6 Å². The van der Waals surface area contributed by atoms with Crippen LogP contribution in [0.15, 0.2) is 49.1 Å². The van der Waals surface area contributed by atoms with E-state index in [1.54, 1.807) is 24.8 Å². The minimum Gasteiger partial charge on any atom is -0.349 e. The van der Waals surface area contributed by atoms with Gasteiger partial charge in [0, 0.05) is 36.1 Å². The first-order valence-corrected chi connectivity index (χ1v) is 11.1. The third kappa shape index (κ3) is 4.70. The predicted octanol–water partition coefficient (Wildman–Crippen LogP) is 5.35. The van der Waals surface area contributed by atoms with Crippen molar-refractivity contribution in [2.45, 2.75) is 39.3 Å². The lowest BCUT2D eigenvalue weighted by molar-refractivity contribution is 0.465. The standard InChI is InChI=1S/C23H25Cl2N7/c1-14(2)27-12-23(3,4)30-22-29-20(15-7-9-26-10-8-15)19(21-31-28-13-32(21)22)16-5-6-17(24)18(25)11-16/h5-11,13-14,27H,12H2,1-4H3,(H,29,30). The van der Waals surface area contributed by atoms with Crippen LogP contribution in [0.3, 0.4) is 0 Å². The van der Waals surface area contributed by atoms with Crippen molar-refractivity contribution in [2.24, 2.45) is 0 Å². The Morgan fingerprint density at radius 1 is 1.03 bits per heavy atom. The van der Waals surface area contributed by atoms with Crippen molar-refractivity contribution in [1.29, 1.82) is 0 Å². The van der Waals surface area contributed by atoms with E-state index in [1.807, 2.05) is 28.7 Å². The van der Waals surface area contributed by atoms with Crippen molar-refractivity contribution in [1.82, 2.24) is 29.9 Å². The first-order valence-electron chi connectivity index (χ1n) is 10.4. The van der Waals surface area contributed by atoms with E-state index < -0.39 is 0 Å². The van der Waals surface area contributed by atoms with Crippen molar-refractivity contribution in [3.63, 3.8) is 0 Å². The summed E-state index contributed by atoms with van der Waals surface area (Å²) in [5, 5.41) is 16.6. The highest BCUT2D eigenvalue weighted by molar-refractivity contribution is 6.42. The van der Waals surface area contributed by atoms with E-state index in [0.717, 1.165) is 28.9 Å². The lowest BCUT2D eigenvalue weighted by atomic mass is 10.0. The topological polar surface area (TPSA) is 80.0 Å². The number of pyridine rings is 1. The molecule has 0 aliphatic rings. The van der Waals surface area contributed by atoms with Gasteiger partial charge < -0.3 is 10.6 Å². The maximum Gasteiger partial charge on any atom is 0.211 e. The van der Waals surface area contributed by atoms with Gasteiger partial charge in [-0.15, -0.1) is 10.2 Å². The molecule has 9 heteroatoms. The number of hydrogen-bond acceptors (Lipinski definition) is 6. The van der Waals surface area contributed by atoms with Gasteiger partial charge in [0.25, 0.3) is 0 Å². The molecule has 0 fully saturated rings. The molecule has 4 rings (SSSR count).